The van der Waals surface area contributed by atoms with E-state index in [-0.39, 0.29) is 6.04 Å². The van der Waals surface area contributed by atoms with Crippen LogP contribution in [0.5, 0.6) is 0 Å². The molecular formula is C15H20N5-. The molecule has 0 bridgehead atoms. The number of pyridine rings is 1. The summed E-state index contributed by atoms with van der Waals surface area (Å²) in [6, 6.07) is 5.89. The minimum absolute atomic E-state index is 0.143. The van der Waals surface area contributed by atoms with Crippen LogP contribution in [0.2, 0.25) is 0 Å². The Morgan fingerprint density at radius 1 is 1.30 bits per heavy atom. The van der Waals surface area contributed by atoms with Gasteiger partial charge in [0.15, 0.2) is 0 Å². The zero-order chi connectivity index (χ0) is 14.7. The van der Waals surface area contributed by atoms with Crippen LogP contribution in [0.15, 0.2) is 24.4 Å². The molecule has 0 radical (unpaired) electrons. The van der Waals surface area contributed by atoms with Crippen LogP contribution in [0.25, 0.3) is 16.7 Å². The fourth-order valence-electron chi connectivity index (χ4n) is 1.91. The predicted molar refractivity (Wildman–Crippen MR) is 81.7 cm³/mol. The maximum atomic E-state index is 8.02. The molecule has 2 heterocycles. The summed E-state index contributed by atoms with van der Waals surface area (Å²) in [5, 5.41) is 16.9. The van der Waals surface area contributed by atoms with E-state index >= 15 is 0 Å². The molecule has 106 valence electrons. The lowest BCUT2D eigenvalue weighted by Gasteiger charge is -2.24. The van der Waals surface area contributed by atoms with Crippen molar-refractivity contribution in [2.75, 3.05) is 0 Å². The number of hydrogen-bond acceptors (Lipinski definition) is 3. The Morgan fingerprint density at radius 3 is 2.60 bits per heavy atom. The Balaban J connectivity index is 2.45. The Morgan fingerprint density at radius 2 is 2.05 bits per heavy atom. The average Bonchev–Trinajstić information content (AvgIpc) is 2.84. The Bertz CT molecular complexity index is 612. The van der Waals surface area contributed by atoms with Crippen molar-refractivity contribution < 1.29 is 0 Å². The quantitative estimate of drug-likeness (QED) is 0.842. The molecule has 0 spiro atoms. The summed E-state index contributed by atoms with van der Waals surface area (Å²) in [6.45, 7) is 5.98. The Labute approximate surface area is 119 Å². The van der Waals surface area contributed by atoms with E-state index in [0.717, 1.165) is 17.0 Å². The molecule has 0 saturated heterocycles. The lowest BCUT2D eigenvalue weighted by atomic mass is 10.1. The highest BCUT2D eigenvalue weighted by Gasteiger charge is 2.05. The van der Waals surface area contributed by atoms with E-state index < -0.39 is 0 Å². The van der Waals surface area contributed by atoms with E-state index in [1.54, 1.807) is 4.68 Å². The van der Waals surface area contributed by atoms with Crippen LogP contribution < -0.4 is 0 Å². The summed E-state index contributed by atoms with van der Waals surface area (Å²) in [5.74, 6) is 0.634. The van der Waals surface area contributed by atoms with Gasteiger partial charge in [0.1, 0.15) is 0 Å². The largest absolute Gasteiger partial charge is 0.462 e. The molecule has 2 rings (SSSR count). The summed E-state index contributed by atoms with van der Waals surface area (Å²) in [4.78, 5) is 4.58. The molecule has 0 aliphatic rings. The fraction of sp³-hybridized carbons (Fsp3) is 0.400. The third-order valence-corrected chi connectivity index (χ3v) is 2.91. The predicted octanol–water partition coefficient (Wildman–Crippen LogP) is 3.67. The minimum Gasteiger partial charge on any atom is -0.462 e. The second kappa shape index (κ2) is 5.86. The zero-order valence-electron chi connectivity index (χ0n) is 12.4. The average molecular weight is 270 g/mol. The van der Waals surface area contributed by atoms with Crippen LogP contribution >= 0.6 is 0 Å². The summed E-state index contributed by atoms with van der Waals surface area (Å²) in [6.07, 6.45) is 2.56. The van der Waals surface area contributed by atoms with Crippen LogP contribution in [-0.2, 0) is 7.05 Å². The molecule has 0 unspecified atom stereocenters. The van der Waals surface area contributed by atoms with E-state index in [9.17, 15) is 0 Å². The number of hydrogen-bond donors (Lipinski definition) is 1. The van der Waals surface area contributed by atoms with Crippen molar-refractivity contribution in [3.63, 3.8) is 0 Å². The standard InChI is InChI=1S/C15H20N5/c1-5-12(16)11-6-7-13(14-8-9-20(4)19-14)18-15(11)17-10(2)3/h6-10,16H,5H2,1-4H3/q-1. The normalized spacial score (nSPS) is 10.8. The number of rotatable bonds is 5. The molecule has 20 heavy (non-hydrogen) atoms. The van der Waals surface area contributed by atoms with E-state index in [1.807, 2.05) is 52.2 Å². The molecule has 0 aromatic carbocycles. The second-order valence-electron chi connectivity index (χ2n) is 5.00. The van der Waals surface area contributed by atoms with E-state index in [4.69, 9.17) is 5.41 Å². The van der Waals surface area contributed by atoms with E-state index in [0.29, 0.717) is 18.0 Å². The van der Waals surface area contributed by atoms with Gasteiger partial charge in [0.2, 0.25) is 0 Å². The van der Waals surface area contributed by atoms with Crippen molar-refractivity contribution in [3.05, 3.63) is 35.3 Å². The third kappa shape index (κ3) is 3.04. The highest BCUT2D eigenvalue weighted by molar-refractivity contribution is 6.02. The highest BCUT2D eigenvalue weighted by Crippen LogP contribution is 2.28. The summed E-state index contributed by atoms with van der Waals surface area (Å²) in [7, 11) is 1.88. The molecule has 0 saturated carbocycles. The summed E-state index contributed by atoms with van der Waals surface area (Å²) >= 11 is 0. The molecule has 5 nitrogen and oxygen atoms in total. The molecule has 0 atom stereocenters. The topological polar surface area (TPSA) is 68.7 Å². The number of nitrogens with one attached hydrogen (secondary N) is 1. The summed E-state index contributed by atoms with van der Waals surface area (Å²) in [5.41, 5.74) is 2.98. The van der Waals surface area contributed by atoms with Gasteiger partial charge in [0.25, 0.3) is 0 Å². The van der Waals surface area contributed by atoms with Gasteiger partial charge in [-0.25, -0.2) is 0 Å². The maximum Gasteiger partial charge on any atom is 0.0882 e. The van der Waals surface area contributed by atoms with Gasteiger partial charge in [-0.2, -0.15) is 5.10 Å². The second-order valence-corrected chi connectivity index (χ2v) is 5.00. The molecule has 0 aliphatic carbocycles. The third-order valence-electron chi connectivity index (χ3n) is 2.91. The highest BCUT2D eigenvalue weighted by atomic mass is 15.2. The SMILES string of the molecule is CCC(=N)c1ccc(-c2ccn(C)n2)nc1[N-]C(C)C. The molecule has 0 aliphatic heterocycles. The van der Waals surface area contributed by atoms with Crippen molar-refractivity contribution in [1.82, 2.24) is 14.8 Å². The molecular weight excluding hydrogens is 250 g/mol. The van der Waals surface area contributed by atoms with Crippen molar-refractivity contribution in [1.29, 1.82) is 5.41 Å². The Hall–Kier alpha value is -2.17. The maximum absolute atomic E-state index is 8.02. The summed E-state index contributed by atoms with van der Waals surface area (Å²) < 4.78 is 1.75. The first-order valence-corrected chi connectivity index (χ1v) is 6.81. The number of nitrogens with zero attached hydrogens (tertiary/aromatic N) is 4. The van der Waals surface area contributed by atoms with Gasteiger partial charge in [-0.1, -0.05) is 38.7 Å². The molecule has 1 N–H and O–H groups in total. The lowest BCUT2D eigenvalue weighted by molar-refractivity contribution is 0.770. The first-order valence-electron chi connectivity index (χ1n) is 6.81. The van der Waals surface area contributed by atoms with Gasteiger partial charge in [0.05, 0.1) is 5.69 Å². The van der Waals surface area contributed by atoms with Gasteiger partial charge < -0.3 is 15.7 Å². The molecule has 5 heteroatoms. The Kier molecular flexibility index (Phi) is 4.17. The molecule has 0 fully saturated rings. The first kappa shape index (κ1) is 14.2. The number of aryl methyl sites for hydroxylation is 1. The van der Waals surface area contributed by atoms with Gasteiger partial charge >= 0.3 is 0 Å². The van der Waals surface area contributed by atoms with Crippen LogP contribution in [-0.4, -0.2) is 26.5 Å². The van der Waals surface area contributed by atoms with Gasteiger partial charge in [-0.15, -0.1) is 0 Å². The van der Waals surface area contributed by atoms with Crippen molar-refractivity contribution in [2.45, 2.75) is 33.2 Å². The van der Waals surface area contributed by atoms with Crippen molar-refractivity contribution in [3.8, 4) is 11.4 Å². The van der Waals surface area contributed by atoms with Crippen LogP contribution in [0, 0.1) is 5.41 Å². The molecule has 2 aromatic rings. The minimum atomic E-state index is 0.143. The monoisotopic (exact) mass is 270 g/mol. The smallest absolute Gasteiger partial charge is 0.0882 e. The van der Waals surface area contributed by atoms with Crippen LogP contribution in [0.1, 0.15) is 32.8 Å². The van der Waals surface area contributed by atoms with Gasteiger partial charge in [-0.05, 0) is 29.8 Å². The van der Waals surface area contributed by atoms with Crippen molar-refractivity contribution >= 4 is 11.5 Å². The fourth-order valence-corrected chi connectivity index (χ4v) is 1.91. The van der Waals surface area contributed by atoms with E-state index in [2.05, 4.69) is 15.4 Å². The molecule has 2 aromatic heterocycles. The van der Waals surface area contributed by atoms with Gasteiger partial charge in [-0.3, -0.25) is 4.68 Å². The van der Waals surface area contributed by atoms with E-state index in [1.165, 1.54) is 0 Å². The van der Waals surface area contributed by atoms with Crippen LogP contribution in [0.4, 0.5) is 5.82 Å². The number of aromatic nitrogens is 3. The lowest BCUT2D eigenvalue weighted by Crippen LogP contribution is -2.03. The molecule has 0 amide bonds. The zero-order valence-corrected chi connectivity index (χ0v) is 12.4. The first-order chi connectivity index (χ1) is 9.51. The van der Waals surface area contributed by atoms with Crippen molar-refractivity contribution in [2.24, 2.45) is 7.05 Å². The van der Waals surface area contributed by atoms with Crippen LogP contribution in [0.3, 0.4) is 0 Å². The van der Waals surface area contributed by atoms with Gasteiger partial charge in [0, 0.05) is 19.0 Å².